The van der Waals surface area contributed by atoms with Gasteiger partial charge in [0.05, 0.1) is 7.11 Å². The normalized spacial score (nSPS) is 13.9. The van der Waals surface area contributed by atoms with Crippen LogP contribution in [0.25, 0.3) is 0 Å². The monoisotopic (exact) mass is 251 g/mol. The van der Waals surface area contributed by atoms with Crippen molar-refractivity contribution >= 4 is 5.97 Å². The van der Waals surface area contributed by atoms with E-state index < -0.39 is 12.0 Å². The Morgan fingerprint density at radius 1 is 1.44 bits per heavy atom. The number of methoxy groups -OCH3 is 1. The molecule has 0 aliphatic heterocycles. The molecule has 1 aromatic carbocycles. The van der Waals surface area contributed by atoms with Crippen LogP contribution in [0.15, 0.2) is 24.3 Å². The molecule has 0 heterocycles. The maximum Gasteiger partial charge on any atom is 0.320 e. The first kappa shape index (κ1) is 14.5. The number of hydrogen-bond acceptors (Lipinski definition) is 3. The van der Waals surface area contributed by atoms with E-state index in [1.54, 1.807) is 7.11 Å². The first-order valence-electron chi connectivity index (χ1n) is 6.21. The van der Waals surface area contributed by atoms with Gasteiger partial charge in [0, 0.05) is 11.6 Å². The summed E-state index contributed by atoms with van der Waals surface area (Å²) in [6.07, 6.45) is 1.46. The second-order valence-electron chi connectivity index (χ2n) is 4.31. The molecule has 0 amide bonds. The van der Waals surface area contributed by atoms with Crippen LogP contribution >= 0.6 is 0 Å². The average Bonchev–Trinajstić information content (AvgIpc) is 2.37. The van der Waals surface area contributed by atoms with E-state index in [2.05, 4.69) is 5.32 Å². The summed E-state index contributed by atoms with van der Waals surface area (Å²) in [7, 11) is 1.62. The Bertz CT molecular complexity index is 392. The number of ether oxygens (including phenoxy) is 1. The lowest BCUT2D eigenvalue weighted by molar-refractivity contribution is -0.139. The summed E-state index contributed by atoms with van der Waals surface area (Å²) in [5.41, 5.74) is 0.974. The highest BCUT2D eigenvalue weighted by atomic mass is 16.5. The van der Waals surface area contributed by atoms with Gasteiger partial charge in [0.2, 0.25) is 0 Å². The van der Waals surface area contributed by atoms with E-state index in [0.717, 1.165) is 17.7 Å². The fourth-order valence-electron chi connectivity index (χ4n) is 1.98. The molecule has 0 aromatic heterocycles. The molecule has 0 fully saturated rings. The van der Waals surface area contributed by atoms with E-state index in [1.807, 2.05) is 38.1 Å². The van der Waals surface area contributed by atoms with Crippen molar-refractivity contribution < 1.29 is 14.6 Å². The van der Waals surface area contributed by atoms with E-state index in [0.29, 0.717) is 6.42 Å². The molecule has 2 N–H and O–H groups in total. The predicted octanol–water partition coefficient (Wildman–Crippen LogP) is 2.60. The van der Waals surface area contributed by atoms with Crippen molar-refractivity contribution in [2.75, 3.05) is 7.11 Å². The van der Waals surface area contributed by atoms with Gasteiger partial charge in [0.1, 0.15) is 11.8 Å². The first-order chi connectivity index (χ1) is 8.60. The number of nitrogens with one attached hydrogen (secondary N) is 1. The standard InChI is InChI=1S/C14H21NO3/c1-4-7-12(14(16)17)15-10(2)11-8-5-6-9-13(11)18-3/h5-6,8-10,12,15H,4,7H2,1-3H3,(H,16,17)/t10-,12?/m0/s1. The number of para-hydroxylation sites is 1. The summed E-state index contributed by atoms with van der Waals surface area (Å²) in [4.78, 5) is 11.1. The van der Waals surface area contributed by atoms with Gasteiger partial charge in [0.15, 0.2) is 0 Å². The van der Waals surface area contributed by atoms with Gasteiger partial charge in [-0.25, -0.2) is 0 Å². The molecule has 0 saturated heterocycles. The lowest BCUT2D eigenvalue weighted by Crippen LogP contribution is -2.38. The second kappa shape index (κ2) is 7.01. The van der Waals surface area contributed by atoms with Crippen molar-refractivity contribution in [1.82, 2.24) is 5.32 Å². The Hall–Kier alpha value is -1.55. The molecule has 0 radical (unpaired) electrons. The Morgan fingerprint density at radius 2 is 2.11 bits per heavy atom. The Labute approximate surface area is 108 Å². The van der Waals surface area contributed by atoms with Crippen LogP contribution in [0.4, 0.5) is 0 Å². The van der Waals surface area contributed by atoms with Crippen molar-refractivity contribution in [3.05, 3.63) is 29.8 Å². The molecule has 0 bridgehead atoms. The number of benzene rings is 1. The predicted molar refractivity (Wildman–Crippen MR) is 70.9 cm³/mol. The van der Waals surface area contributed by atoms with Gasteiger partial charge in [-0.05, 0) is 19.4 Å². The fraction of sp³-hybridized carbons (Fsp3) is 0.500. The minimum Gasteiger partial charge on any atom is -0.496 e. The molecule has 18 heavy (non-hydrogen) atoms. The zero-order valence-electron chi connectivity index (χ0n) is 11.1. The van der Waals surface area contributed by atoms with Gasteiger partial charge >= 0.3 is 5.97 Å². The highest BCUT2D eigenvalue weighted by Crippen LogP contribution is 2.24. The molecular formula is C14H21NO3. The smallest absolute Gasteiger partial charge is 0.320 e. The molecule has 100 valence electrons. The lowest BCUT2D eigenvalue weighted by Gasteiger charge is -2.21. The van der Waals surface area contributed by atoms with Crippen LogP contribution < -0.4 is 10.1 Å². The summed E-state index contributed by atoms with van der Waals surface area (Å²) >= 11 is 0. The van der Waals surface area contributed by atoms with Crippen molar-refractivity contribution in [2.24, 2.45) is 0 Å². The third-order valence-corrected chi connectivity index (χ3v) is 2.93. The van der Waals surface area contributed by atoms with Crippen molar-refractivity contribution in [3.63, 3.8) is 0 Å². The summed E-state index contributed by atoms with van der Waals surface area (Å²) < 4.78 is 5.28. The summed E-state index contributed by atoms with van der Waals surface area (Å²) in [5, 5.41) is 12.3. The number of rotatable bonds is 7. The zero-order valence-corrected chi connectivity index (χ0v) is 11.1. The van der Waals surface area contributed by atoms with Crippen molar-refractivity contribution in [1.29, 1.82) is 0 Å². The van der Waals surface area contributed by atoms with Crippen LogP contribution in [0.3, 0.4) is 0 Å². The van der Waals surface area contributed by atoms with Gasteiger partial charge in [-0.1, -0.05) is 31.5 Å². The minimum absolute atomic E-state index is 0.0613. The van der Waals surface area contributed by atoms with Crippen molar-refractivity contribution in [2.45, 2.75) is 38.8 Å². The quantitative estimate of drug-likeness (QED) is 0.782. The number of hydrogen-bond donors (Lipinski definition) is 2. The van der Waals surface area contributed by atoms with Crippen LogP contribution in [-0.2, 0) is 4.79 Å². The van der Waals surface area contributed by atoms with E-state index in [1.165, 1.54) is 0 Å². The second-order valence-corrected chi connectivity index (χ2v) is 4.31. The zero-order chi connectivity index (χ0) is 13.5. The molecule has 4 nitrogen and oxygen atoms in total. The number of carboxylic acids is 1. The number of aliphatic carboxylic acids is 1. The van der Waals surface area contributed by atoms with E-state index in [-0.39, 0.29) is 6.04 Å². The first-order valence-corrected chi connectivity index (χ1v) is 6.21. The highest BCUT2D eigenvalue weighted by molar-refractivity contribution is 5.73. The van der Waals surface area contributed by atoms with Crippen LogP contribution in [0.1, 0.15) is 38.3 Å². The topological polar surface area (TPSA) is 58.6 Å². The van der Waals surface area contributed by atoms with Crippen LogP contribution in [-0.4, -0.2) is 24.2 Å². The van der Waals surface area contributed by atoms with Crippen LogP contribution in [0.2, 0.25) is 0 Å². The van der Waals surface area contributed by atoms with Gasteiger partial charge < -0.3 is 9.84 Å². The molecule has 0 aliphatic carbocycles. The number of carboxylic acid groups (broad SMARTS) is 1. The number of carbonyl (C=O) groups is 1. The van der Waals surface area contributed by atoms with Crippen molar-refractivity contribution in [3.8, 4) is 5.75 Å². The average molecular weight is 251 g/mol. The largest absolute Gasteiger partial charge is 0.496 e. The molecule has 0 aliphatic rings. The van der Waals surface area contributed by atoms with Gasteiger partial charge in [-0.2, -0.15) is 0 Å². The Balaban J connectivity index is 2.79. The summed E-state index contributed by atoms with van der Waals surface area (Å²) in [5.74, 6) is -0.0308. The molecule has 1 aromatic rings. The van der Waals surface area contributed by atoms with Gasteiger partial charge in [-0.15, -0.1) is 0 Å². The summed E-state index contributed by atoms with van der Waals surface area (Å²) in [6, 6.07) is 7.06. The Morgan fingerprint density at radius 3 is 2.67 bits per heavy atom. The maximum atomic E-state index is 11.1. The maximum absolute atomic E-state index is 11.1. The molecule has 4 heteroatoms. The molecule has 1 rings (SSSR count). The SMILES string of the molecule is CCCC(N[C@@H](C)c1ccccc1OC)C(=O)O. The molecule has 0 spiro atoms. The third kappa shape index (κ3) is 3.74. The van der Waals surface area contributed by atoms with E-state index in [9.17, 15) is 4.79 Å². The molecule has 0 saturated carbocycles. The van der Waals surface area contributed by atoms with E-state index >= 15 is 0 Å². The Kier molecular flexibility index (Phi) is 5.65. The minimum atomic E-state index is -0.807. The molecule has 1 unspecified atom stereocenters. The van der Waals surface area contributed by atoms with Gasteiger partial charge in [0.25, 0.3) is 0 Å². The van der Waals surface area contributed by atoms with Crippen LogP contribution in [0.5, 0.6) is 5.75 Å². The molecular weight excluding hydrogens is 230 g/mol. The third-order valence-electron chi connectivity index (χ3n) is 2.93. The van der Waals surface area contributed by atoms with Gasteiger partial charge in [-0.3, -0.25) is 10.1 Å². The molecule has 2 atom stereocenters. The van der Waals surface area contributed by atoms with Crippen LogP contribution in [0, 0.1) is 0 Å². The lowest BCUT2D eigenvalue weighted by atomic mass is 10.0. The highest BCUT2D eigenvalue weighted by Gasteiger charge is 2.20. The van der Waals surface area contributed by atoms with E-state index in [4.69, 9.17) is 9.84 Å². The summed E-state index contributed by atoms with van der Waals surface area (Å²) in [6.45, 7) is 3.93. The fourth-order valence-corrected chi connectivity index (χ4v) is 1.98.